The van der Waals surface area contributed by atoms with Gasteiger partial charge in [0.15, 0.2) is 0 Å². The predicted molar refractivity (Wildman–Crippen MR) is 85.3 cm³/mol. The molecule has 0 radical (unpaired) electrons. The summed E-state index contributed by atoms with van der Waals surface area (Å²) in [6, 6.07) is 14.8. The molecule has 2 aromatic rings. The van der Waals surface area contributed by atoms with E-state index in [1.54, 1.807) is 0 Å². The Morgan fingerprint density at radius 2 is 2.00 bits per heavy atom. The molecule has 1 aliphatic heterocycles. The zero-order valence-corrected chi connectivity index (χ0v) is 12.6. The molecule has 1 aliphatic rings. The Hall–Kier alpha value is -2.16. The summed E-state index contributed by atoms with van der Waals surface area (Å²) >= 11 is 0. The molecule has 0 aliphatic carbocycles. The summed E-state index contributed by atoms with van der Waals surface area (Å²) in [5, 5.41) is 3.52. The second kappa shape index (κ2) is 6.08. The SMILES string of the molecule is CCOc1ccc(NC(C)c2ccc3c(c2)CCO3)cc1. The van der Waals surface area contributed by atoms with Crippen LogP contribution in [0.5, 0.6) is 11.5 Å². The molecule has 0 spiro atoms. The smallest absolute Gasteiger partial charge is 0.122 e. The van der Waals surface area contributed by atoms with E-state index in [4.69, 9.17) is 9.47 Å². The van der Waals surface area contributed by atoms with Crippen molar-refractivity contribution in [1.29, 1.82) is 0 Å². The van der Waals surface area contributed by atoms with Gasteiger partial charge in [-0.1, -0.05) is 6.07 Å². The van der Waals surface area contributed by atoms with Gasteiger partial charge in [0.05, 0.1) is 13.2 Å². The zero-order chi connectivity index (χ0) is 14.7. The highest BCUT2D eigenvalue weighted by Gasteiger charge is 2.14. The van der Waals surface area contributed by atoms with Gasteiger partial charge in [-0.3, -0.25) is 0 Å². The van der Waals surface area contributed by atoms with Crippen LogP contribution in [0, 0.1) is 0 Å². The lowest BCUT2D eigenvalue weighted by atomic mass is 10.0. The fraction of sp³-hybridized carbons (Fsp3) is 0.333. The van der Waals surface area contributed by atoms with Gasteiger partial charge in [-0.25, -0.2) is 0 Å². The van der Waals surface area contributed by atoms with Crippen LogP contribution < -0.4 is 14.8 Å². The number of nitrogens with one attached hydrogen (secondary N) is 1. The van der Waals surface area contributed by atoms with Crippen molar-refractivity contribution < 1.29 is 9.47 Å². The molecule has 1 unspecified atom stereocenters. The lowest BCUT2D eigenvalue weighted by Crippen LogP contribution is -2.06. The lowest BCUT2D eigenvalue weighted by Gasteiger charge is -2.17. The van der Waals surface area contributed by atoms with E-state index in [1.807, 2.05) is 19.1 Å². The quantitative estimate of drug-likeness (QED) is 0.892. The van der Waals surface area contributed by atoms with E-state index in [9.17, 15) is 0 Å². The molecular weight excluding hydrogens is 262 g/mol. The molecule has 2 aromatic carbocycles. The number of fused-ring (bicyclic) bond motifs is 1. The number of benzene rings is 2. The van der Waals surface area contributed by atoms with Crippen molar-refractivity contribution in [3.05, 3.63) is 53.6 Å². The number of hydrogen-bond donors (Lipinski definition) is 1. The van der Waals surface area contributed by atoms with E-state index in [-0.39, 0.29) is 6.04 Å². The van der Waals surface area contributed by atoms with Crippen molar-refractivity contribution in [3.8, 4) is 11.5 Å². The Labute approximate surface area is 125 Å². The molecule has 1 heterocycles. The highest BCUT2D eigenvalue weighted by molar-refractivity contribution is 5.49. The lowest BCUT2D eigenvalue weighted by molar-refractivity contribution is 0.340. The van der Waals surface area contributed by atoms with Crippen molar-refractivity contribution >= 4 is 5.69 Å². The van der Waals surface area contributed by atoms with Gasteiger partial charge in [0.2, 0.25) is 0 Å². The van der Waals surface area contributed by atoms with Gasteiger partial charge in [-0.2, -0.15) is 0 Å². The maximum atomic E-state index is 5.55. The monoisotopic (exact) mass is 283 g/mol. The fourth-order valence-electron chi connectivity index (χ4n) is 2.62. The van der Waals surface area contributed by atoms with Crippen molar-refractivity contribution in [2.24, 2.45) is 0 Å². The van der Waals surface area contributed by atoms with Gasteiger partial charge in [-0.05, 0) is 61.4 Å². The second-order valence-electron chi connectivity index (χ2n) is 5.29. The molecule has 0 saturated carbocycles. The van der Waals surface area contributed by atoms with Crippen LogP contribution in [0.3, 0.4) is 0 Å². The van der Waals surface area contributed by atoms with E-state index in [2.05, 4.69) is 42.6 Å². The molecule has 0 fully saturated rings. The van der Waals surface area contributed by atoms with Crippen LogP contribution in [-0.2, 0) is 6.42 Å². The molecule has 0 aromatic heterocycles. The van der Waals surface area contributed by atoms with Gasteiger partial charge in [0, 0.05) is 18.2 Å². The highest BCUT2D eigenvalue weighted by Crippen LogP contribution is 2.29. The third-order valence-electron chi connectivity index (χ3n) is 3.76. The molecule has 3 heteroatoms. The van der Waals surface area contributed by atoms with Crippen LogP contribution in [0.4, 0.5) is 5.69 Å². The van der Waals surface area contributed by atoms with Crippen LogP contribution in [0.25, 0.3) is 0 Å². The van der Waals surface area contributed by atoms with E-state index in [0.29, 0.717) is 6.61 Å². The van der Waals surface area contributed by atoms with Gasteiger partial charge in [0.25, 0.3) is 0 Å². The standard InChI is InChI=1S/C18H21NO2/c1-3-20-17-7-5-16(6-8-17)19-13(2)14-4-9-18-15(12-14)10-11-21-18/h4-9,12-13,19H,3,10-11H2,1-2H3. The highest BCUT2D eigenvalue weighted by atomic mass is 16.5. The summed E-state index contributed by atoms with van der Waals surface area (Å²) in [5.74, 6) is 1.94. The minimum absolute atomic E-state index is 0.258. The number of rotatable bonds is 5. The Balaban J connectivity index is 1.69. The van der Waals surface area contributed by atoms with Crippen LogP contribution in [0.1, 0.15) is 31.0 Å². The van der Waals surface area contributed by atoms with E-state index in [1.165, 1.54) is 11.1 Å². The predicted octanol–water partition coefficient (Wildman–Crippen LogP) is 4.19. The molecule has 1 N–H and O–H groups in total. The third kappa shape index (κ3) is 3.13. The first-order valence-electron chi connectivity index (χ1n) is 7.51. The minimum Gasteiger partial charge on any atom is -0.494 e. The van der Waals surface area contributed by atoms with E-state index in [0.717, 1.165) is 30.2 Å². The summed E-state index contributed by atoms with van der Waals surface area (Å²) in [7, 11) is 0. The molecule has 3 rings (SSSR count). The molecule has 0 saturated heterocycles. The van der Waals surface area contributed by atoms with Crippen molar-refractivity contribution in [3.63, 3.8) is 0 Å². The molecule has 1 atom stereocenters. The molecule has 3 nitrogen and oxygen atoms in total. The molecular formula is C18H21NO2. The summed E-state index contributed by atoms with van der Waals surface area (Å²) in [6.45, 7) is 5.67. The van der Waals surface area contributed by atoms with Crippen molar-refractivity contribution in [2.75, 3.05) is 18.5 Å². The maximum absolute atomic E-state index is 5.55. The largest absolute Gasteiger partial charge is 0.494 e. The topological polar surface area (TPSA) is 30.5 Å². The molecule has 21 heavy (non-hydrogen) atoms. The number of ether oxygens (including phenoxy) is 2. The summed E-state index contributed by atoms with van der Waals surface area (Å²) in [5.41, 5.74) is 3.70. The Bertz CT molecular complexity index is 607. The Morgan fingerprint density at radius 3 is 2.76 bits per heavy atom. The Kier molecular flexibility index (Phi) is 4.00. The van der Waals surface area contributed by atoms with E-state index < -0.39 is 0 Å². The normalized spacial score (nSPS) is 14.2. The summed E-state index contributed by atoms with van der Waals surface area (Å²) < 4.78 is 11.0. The van der Waals surface area contributed by atoms with Crippen LogP contribution in [-0.4, -0.2) is 13.2 Å². The summed E-state index contributed by atoms with van der Waals surface area (Å²) in [4.78, 5) is 0. The number of hydrogen-bond acceptors (Lipinski definition) is 3. The van der Waals surface area contributed by atoms with Crippen LogP contribution in [0.2, 0.25) is 0 Å². The molecule has 0 amide bonds. The average molecular weight is 283 g/mol. The molecule has 0 bridgehead atoms. The summed E-state index contributed by atoms with van der Waals surface area (Å²) in [6.07, 6.45) is 1.01. The third-order valence-corrected chi connectivity index (χ3v) is 3.76. The van der Waals surface area contributed by atoms with Crippen LogP contribution >= 0.6 is 0 Å². The Morgan fingerprint density at radius 1 is 1.19 bits per heavy atom. The second-order valence-corrected chi connectivity index (χ2v) is 5.29. The van der Waals surface area contributed by atoms with Gasteiger partial charge >= 0.3 is 0 Å². The maximum Gasteiger partial charge on any atom is 0.122 e. The van der Waals surface area contributed by atoms with Gasteiger partial charge in [0.1, 0.15) is 11.5 Å². The van der Waals surface area contributed by atoms with Crippen molar-refractivity contribution in [1.82, 2.24) is 0 Å². The molecule has 110 valence electrons. The van der Waals surface area contributed by atoms with Crippen molar-refractivity contribution in [2.45, 2.75) is 26.3 Å². The number of anilines is 1. The van der Waals surface area contributed by atoms with Gasteiger partial charge in [-0.15, -0.1) is 0 Å². The average Bonchev–Trinajstić information content (AvgIpc) is 2.97. The minimum atomic E-state index is 0.258. The fourth-order valence-corrected chi connectivity index (χ4v) is 2.62. The van der Waals surface area contributed by atoms with Gasteiger partial charge < -0.3 is 14.8 Å². The first kappa shape index (κ1) is 13.8. The first-order valence-corrected chi connectivity index (χ1v) is 7.51. The van der Waals surface area contributed by atoms with Crippen LogP contribution in [0.15, 0.2) is 42.5 Å². The first-order chi connectivity index (χ1) is 10.3. The van der Waals surface area contributed by atoms with E-state index >= 15 is 0 Å². The zero-order valence-electron chi connectivity index (χ0n) is 12.6.